The predicted octanol–water partition coefficient (Wildman–Crippen LogP) is 3.97. The van der Waals surface area contributed by atoms with E-state index in [1.165, 1.54) is 0 Å². The molecule has 1 fully saturated rings. The fraction of sp³-hybridized carbons (Fsp3) is 0.370. The number of carbonyl (C=O) groups is 2. The second-order valence-corrected chi connectivity index (χ2v) is 8.72. The molecule has 0 spiro atoms. The molecule has 172 valence electrons. The lowest BCUT2D eigenvalue weighted by Crippen LogP contribution is -2.41. The normalized spacial score (nSPS) is 17.7. The van der Waals surface area contributed by atoms with Crippen LogP contribution in [-0.2, 0) is 16.0 Å². The molecule has 1 aliphatic rings. The third-order valence-electron chi connectivity index (χ3n) is 6.60. The molecule has 3 aromatic rings. The molecule has 2 atom stereocenters. The average Bonchev–Trinajstić information content (AvgIpc) is 3.21. The van der Waals surface area contributed by atoms with Crippen molar-refractivity contribution in [2.75, 3.05) is 26.2 Å². The van der Waals surface area contributed by atoms with Gasteiger partial charge in [0.2, 0.25) is 11.8 Å². The molecular weight excluding hydrogens is 412 g/mol. The number of nitrogens with zero attached hydrogens (tertiary/aromatic N) is 4. The van der Waals surface area contributed by atoms with Crippen LogP contribution < -0.4 is 0 Å². The van der Waals surface area contributed by atoms with Crippen LogP contribution in [0.4, 0.5) is 0 Å². The number of amides is 2. The number of hydrogen-bond donors (Lipinski definition) is 0. The van der Waals surface area contributed by atoms with Crippen LogP contribution in [0.15, 0.2) is 66.9 Å². The maximum absolute atomic E-state index is 13.4. The van der Waals surface area contributed by atoms with Gasteiger partial charge in [0, 0.05) is 38.1 Å². The van der Waals surface area contributed by atoms with E-state index in [0.717, 1.165) is 22.4 Å². The van der Waals surface area contributed by atoms with Crippen LogP contribution in [0.25, 0.3) is 11.1 Å². The molecule has 0 N–H and O–H groups in total. The number of carbonyl (C=O) groups excluding carboxylic acids is 2. The maximum atomic E-state index is 13.4. The Morgan fingerprint density at radius 2 is 1.79 bits per heavy atom. The van der Waals surface area contributed by atoms with Gasteiger partial charge in [0.05, 0.1) is 5.92 Å². The Labute approximate surface area is 195 Å². The number of aryl methyl sites for hydroxylation is 1. The molecule has 6 nitrogen and oxygen atoms in total. The zero-order chi connectivity index (χ0) is 23.4. The van der Waals surface area contributed by atoms with Gasteiger partial charge in [-0.1, -0.05) is 54.6 Å². The zero-order valence-corrected chi connectivity index (χ0v) is 19.6. The van der Waals surface area contributed by atoms with E-state index in [9.17, 15) is 9.59 Å². The van der Waals surface area contributed by atoms with E-state index in [1.807, 2.05) is 67.0 Å². The summed E-state index contributed by atoms with van der Waals surface area (Å²) in [5, 5.41) is 4.32. The van der Waals surface area contributed by atoms with Gasteiger partial charge in [-0.3, -0.25) is 14.3 Å². The van der Waals surface area contributed by atoms with E-state index in [1.54, 1.807) is 10.9 Å². The van der Waals surface area contributed by atoms with Crippen LogP contribution in [0, 0.1) is 12.8 Å². The van der Waals surface area contributed by atoms with Gasteiger partial charge in [-0.25, -0.2) is 0 Å². The summed E-state index contributed by atoms with van der Waals surface area (Å²) in [6, 6.07) is 20.0. The summed E-state index contributed by atoms with van der Waals surface area (Å²) in [7, 11) is 0. The first-order valence-electron chi connectivity index (χ1n) is 11.7. The van der Waals surface area contributed by atoms with Gasteiger partial charge in [0.25, 0.3) is 0 Å². The summed E-state index contributed by atoms with van der Waals surface area (Å²) in [4.78, 5) is 30.6. The van der Waals surface area contributed by atoms with Crippen molar-refractivity contribution in [2.45, 2.75) is 33.2 Å². The Bertz CT molecular complexity index is 1110. The molecule has 1 saturated heterocycles. The number of rotatable bonds is 6. The Morgan fingerprint density at radius 3 is 2.48 bits per heavy atom. The molecule has 2 amide bonds. The van der Waals surface area contributed by atoms with E-state index in [0.29, 0.717) is 32.6 Å². The van der Waals surface area contributed by atoms with Gasteiger partial charge in [0.15, 0.2) is 0 Å². The van der Waals surface area contributed by atoms with Crippen LogP contribution in [0.1, 0.15) is 31.1 Å². The Hall–Kier alpha value is -3.41. The first-order valence-corrected chi connectivity index (χ1v) is 11.7. The topological polar surface area (TPSA) is 58.4 Å². The second-order valence-electron chi connectivity index (χ2n) is 8.72. The Morgan fingerprint density at radius 1 is 1.06 bits per heavy atom. The van der Waals surface area contributed by atoms with Gasteiger partial charge in [-0.05, 0) is 49.9 Å². The quantitative estimate of drug-likeness (QED) is 0.578. The molecular formula is C27H32N4O2. The van der Waals surface area contributed by atoms with Crippen molar-refractivity contribution < 1.29 is 9.59 Å². The van der Waals surface area contributed by atoms with Crippen molar-refractivity contribution in [3.05, 3.63) is 78.1 Å². The van der Waals surface area contributed by atoms with Gasteiger partial charge >= 0.3 is 0 Å². The second kappa shape index (κ2) is 10.0. The Kier molecular flexibility index (Phi) is 6.92. The standard InChI is InChI=1S/C27H32N4O2/c1-4-29-16-17-30(26(32)21(3)31-20(2)14-15-28-31)19-24(27(29)33)18-23-12-8-9-13-25(23)22-10-6-5-7-11-22/h5-15,21,24H,4,16-19H2,1-3H3. The van der Waals surface area contributed by atoms with Gasteiger partial charge in [0.1, 0.15) is 6.04 Å². The van der Waals surface area contributed by atoms with Crippen molar-refractivity contribution in [1.82, 2.24) is 19.6 Å². The van der Waals surface area contributed by atoms with Crippen molar-refractivity contribution >= 4 is 11.8 Å². The number of hydrogen-bond acceptors (Lipinski definition) is 3. The number of aromatic nitrogens is 2. The molecule has 33 heavy (non-hydrogen) atoms. The molecule has 0 saturated carbocycles. The zero-order valence-electron chi connectivity index (χ0n) is 19.6. The summed E-state index contributed by atoms with van der Waals surface area (Å²) in [6.45, 7) is 7.99. The highest BCUT2D eigenvalue weighted by Gasteiger charge is 2.34. The molecule has 1 aliphatic heterocycles. The van der Waals surface area contributed by atoms with Crippen molar-refractivity contribution in [3.63, 3.8) is 0 Å². The molecule has 2 unspecified atom stereocenters. The molecule has 0 aliphatic carbocycles. The van der Waals surface area contributed by atoms with E-state index in [2.05, 4.69) is 29.4 Å². The SMILES string of the molecule is CCN1CCN(C(=O)C(C)n2nccc2C)CC(Cc2ccccc2-c2ccccc2)C1=O. The summed E-state index contributed by atoms with van der Waals surface area (Å²) in [6.07, 6.45) is 2.31. The van der Waals surface area contributed by atoms with Gasteiger partial charge in [-0.2, -0.15) is 5.10 Å². The minimum Gasteiger partial charge on any atom is -0.341 e. The minimum absolute atomic E-state index is 0.00824. The molecule has 1 aromatic heterocycles. The summed E-state index contributed by atoms with van der Waals surface area (Å²) < 4.78 is 1.76. The van der Waals surface area contributed by atoms with Gasteiger partial charge < -0.3 is 9.80 Å². The highest BCUT2D eigenvalue weighted by atomic mass is 16.2. The van der Waals surface area contributed by atoms with Gasteiger partial charge in [-0.15, -0.1) is 0 Å². The predicted molar refractivity (Wildman–Crippen MR) is 130 cm³/mol. The van der Waals surface area contributed by atoms with Crippen LogP contribution >= 0.6 is 0 Å². The number of benzene rings is 2. The lowest BCUT2D eigenvalue weighted by Gasteiger charge is -2.27. The van der Waals surface area contributed by atoms with E-state index < -0.39 is 6.04 Å². The smallest absolute Gasteiger partial charge is 0.247 e. The van der Waals surface area contributed by atoms with Crippen molar-refractivity contribution in [1.29, 1.82) is 0 Å². The molecule has 6 heteroatoms. The minimum atomic E-state index is -0.402. The molecule has 2 heterocycles. The fourth-order valence-corrected chi connectivity index (χ4v) is 4.73. The first-order chi connectivity index (χ1) is 16.0. The lowest BCUT2D eigenvalue weighted by atomic mass is 9.91. The van der Waals surface area contributed by atoms with Crippen LogP contribution in [-0.4, -0.2) is 57.6 Å². The molecule has 2 aromatic carbocycles. The highest BCUT2D eigenvalue weighted by Crippen LogP contribution is 2.27. The lowest BCUT2D eigenvalue weighted by molar-refractivity contribution is -0.136. The summed E-state index contributed by atoms with van der Waals surface area (Å²) in [5.74, 6) is -0.153. The van der Waals surface area contributed by atoms with E-state index in [4.69, 9.17) is 0 Å². The molecule has 4 rings (SSSR count). The number of likely N-dealkylation sites (N-methyl/N-ethyl adjacent to an activating group) is 1. The first kappa shape index (κ1) is 22.8. The Balaban J connectivity index is 1.61. The summed E-state index contributed by atoms with van der Waals surface area (Å²) >= 11 is 0. The van der Waals surface area contributed by atoms with E-state index in [-0.39, 0.29) is 17.7 Å². The van der Waals surface area contributed by atoms with Crippen LogP contribution in [0.5, 0.6) is 0 Å². The monoisotopic (exact) mass is 444 g/mol. The third kappa shape index (κ3) is 4.85. The van der Waals surface area contributed by atoms with Crippen LogP contribution in [0.2, 0.25) is 0 Å². The molecule has 0 radical (unpaired) electrons. The van der Waals surface area contributed by atoms with E-state index >= 15 is 0 Å². The summed E-state index contributed by atoms with van der Waals surface area (Å²) in [5.41, 5.74) is 4.35. The fourth-order valence-electron chi connectivity index (χ4n) is 4.73. The van der Waals surface area contributed by atoms with Crippen molar-refractivity contribution in [3.8, 4) is 11.1 Å². The highest BCUT2D eigenvalue weighted by molar-refractivity contribution is 5.84. The molecule has 0 bridgehead atoms. The van der Waals surface area contributed by atoms with Crippen LogP contribution in [0.3, 0.4) is 0 Å². The largest absolute Gasteiger partial charge is 0.341 e. The maximum Gasteiger partial charge on any atom is 0.247 e. The third-order valence-corrected chi connectivity index (χ3v) is 6.60. The van der Waals surface area contributed by atoms with Crippen molar-refractivity contribution in [2.24, 2.45) is 5.92 Å². The average molecular weight is 445 g/mol.